The first kappa shape index (κ1) is 15.8. The highest BCUT2D eigenvalue weighted by Crippen LogP contribution is 2.36. The van der Waals surface area contributed by atoms with Crippen molar-refractivity contribution in [3.8, 4) is 6.07 Å². The van der Waals surface area contributed by atoms with E-state index < -0.39 is 5.82 Å². The maximum Gasteiger partial charge on any atom is 0.254 e. The molecule has 0 radical (unpaired) electrons. The van der Waals surface area contributed by atoms with E-state index >= 15 is 0 Å². The lowest BCUT2D eigenvalue weighted by Crippen LogP contribution is -2.49. The second kappa shape index (κ2) is 5.77. The third kappa shape index (κ3) is 2.35. The fraction of sp³-hybridized carbons (Fsp3) is 0.263. The molecule has 0 spiro atoms. The summed E-state index contributed by atoms with van der Waals surface area (Å²) in [5.74, 6) is 0.0236. The molecule has 2 aliphatic heterocycles. The Bertz CT molecular complexity index is 1100. The number of hydrogen-bond donors (Lipinski definition) is 1. The standard InChI is InChI=1S/C19H15FN6O/c20-16-5-11(1-2-12(16)7-21)19(27)26-9-13-6-14(26)8-25(13)18-15-3-4-22-17(15)23-10-24-18/h1-5,10,13-14H,6,8-9H2,(H,22,23,24). The van der Waals surface area contributed by atoms with Crippen LogP contribution in [0.3, 0.4) is 0 Å². The first-order chi connectivity index (χ1) is 13.2. The number of aromatic amines is 1. The van der Waals surface area contributed by atoms with Gasteiger partial charge in [-0.05, 0) is 30.7 Å². The summed E-state index contributed by atoms with van der Waals surface area (Å²) in [6.45, 7) is 1.26. The molecule has 0 aliphatic carbocycles. The molecule has 2 saturated heterocycles. The number of hydrogen-bond acceptors (Lipinski definition) is 5. The number of nitriles is 1. The Kier molecular flexibility index (Phi) is 3.37. The van der Waals surface area contributed by atoms with E-state index in [-0.39, 0.29) is 29.1 Å². The predicted molar refractivity (Wildman–Crippen MR) is 95.6 cm³/mol. The lowest BCUT2D eigenvalue weighted by molar-refractivity contribution is 0.0725. The molecule has 134 valence electrons. The Morgan fingerprint density at radius 1 is 1.26 bits per heavy atom. The van der Waals surface area contributed by atoms with Crippen LogP contribution in [0.15, 0.2) is 36.8 Å². The molecule has 2 fully saturated rings. The largest absolute Gasteiger partial charge is 0.349 e. The maximum absolute atomic E-state index is 13.9. The summed E-state index contributed by atoms with van der Waals surface area (Å²) in [6.07, 6.45) is 4.25. The number of carbonyl (C=O) groups excluding carboxylic acids is 1. The zero-order valence-corrected chi connectivity index (χ0v) is 14.3. The number of likely N-dealkylation sites (tertiary alicyclic amines) is 1. The van der Waals surface area contributed by atoms with E-state index in [0.29, 0.717) is 13.1 Å². The number of piperazine rings is 1. The summed E-state index contributed by atoms with van der Waals surface area (Å²) in [5, 5.41) is 9.81. The van der Waals surface area contributed by atoms with Gasteiger partial charge in [-0.2, -0.15) is 5.26 Å². The summed E-state index contributed by atoms with van der Waals surface area (Å²) in [5.41, 5.74) is 1.02. The number of fused-ring (bicyclic) bond motifs is 3. The quantitative estimate of drug-likeness (QED) is 0.754. The van der Waals surface area contributed by atoms with Crippen LogP contribution in [-0.4, -0.2) is 50.9 Å². The number of carbonyl (C=O) groups is 1. The molecule has 8 heteroatoms. The van der Waals surface area contributed by atoms with Gasteiger partial charge in [0.15, 0.2) is 0 Å². The number of nitrogens with one attached hydrogen (secondary N) is 1. The van der Waals surface area contributed by atoms with Gasteiger partial charge in [-0.3, -0.25) is 4.79 Å². The minimum absolute atomic E-state index is 0.0556. The summed E-state index contributed by atoms with van der Waals surface area (Å²) in [7, 11) is 0. The van der Waals surface area contributed by atoms with Gasteiger partial charge in [0.1, 0.15) is 29.7 Å². The van der Waals surface area contributed by atoms with E-state index in [0.717, 1.165) is 29.3 Å². The second-order valence-electron chi connectivity index (χ2n) is 6.90. The molecule has 4 heterocycles. The number of amides is 1. The highest BCUT2D eigenvalue weighted by atomic mass is 19.1. The van der Waals surface area contributed by atoms with Gasteiger partial charge in [-0.1, -0.05) is 0 Å². The van der Waals surface area contributed by atoms with Crippen molar-refractivity contribution in [3.05, 3.63) is 53.7 Å². The third-order valence-corrected chi connectivity index (χ3v) is 5.44. The second-order valence-corrected chi connectivity index (χ2v) is 6.90. The minimum Gasteiger partial charge on any atom is -0.349 e. The lowest BCUT2D eigenvalue weighted by Gasteiger charge is -2.35. The fourth-order valence-corrected chi connectivity index (χ4v) is 4.17. The van der Waals surface area contributed by atoms with Crippen molar-refractivity contribution in [2.24, 2.45) is 0 Å². The van der Waals surface area contributed by atoms with E-state index in [1.54, 1.807) is 17.3 Å². The topological polar surface area (TPSA) is 88.9 Å². The van der Waals surface area contributed by atoms with Crippen molar-refractivity contribution in [1.82, 2.24) is 19.9 Å². The van der Waals surface area contributed by atoms with E-state index in [4.69, 9.17) is 5.26 Å². The Morgan fingerprint density at radius 2 is 2.15 bits per heavy atom. The monoisotopic (exact) mass is 362 g/mol. The van der Waals surface area contributed by atoms with Crippen molar-refractivity contribution in [2.75, 3.05) is 18.0 Å². The van der Waals surface area contributed by atoms with Gasteiger partial charge in [0.05, 0.1) is 23.0 Å². The lowest BCUT2D eigenvalue weighted by atomic mass is 10.1. The molecule has 27 heavy (non-hydrogen) atoms. The molecule has 1 N–H and O–H groups in total. The first-order valence-corrected chi connectivity index (χ1v) is 8.71. The Morgan fingerprint density at radius 3 is 2.89 bits per heavy atom. The van der Waals surface area contributed by atoms with Crippen LogP contribution < -0.4 is 4.90 Å². The van der Waals surface area contributed by atoms with Crippen LogP contribution in [0.5, 0.6) is 0 Å². The van der Waals surface area contributed by atoms with Gasteiger partial charge >= 0.3 is 0 Å². The average Bonchev–Trinajstić information content (AvgIpc) is 3.41. The number of anilines is 1. The van der Waals surface area contributed by atoms with E-state index in [9.17, 15) is 9.18 Å². The Labute approximate surface area is 154 Å². The van der Waals surface area contributed by atoms with Gasteiger partial charge in [0, 0.05) is 24.8 Å². The highest BCUT2D eigenvalue weighted by molar-refractivity contribution is 5.95. The Hall–Kier alpha value is -3.47. The summed E-state index contributed by atoms with van der Waals surface area (Å²) in [6, 6.07) is 7.99. The van der Waals surface area contributed by atoms with Gasteiger partial charge in [-0.15, -0.1) is 0 Å². The molecule has 7 nitrogen and oxygen atoms in total. The van der Waals surface area contributed by atoms with Crippen LogP contribution in [-0.2, 0) is 0 Å². The molecule has 5 rings (SSSR count). The molecule has 2 aliphatic rings. The minimum atomic E-state index is -0.662. The molecule has 2 bridgehead atoms. The van der Waals surface area contributed by atoms with Gasteiger partial charge in [-0.25, -0.2) is 14.4 Å². The normalized spacial score (nSPS) is 21.0. The first-order valence-electron chi connectivity index (χ1n) is 8.71. The smallest absolute Gasteiger partial charge is 0.254 e. The zero-order chi connectivity index (χ0) is 18.5. The number of aromatic nitrogens is 3. The number of H-pyrrole nitrogens is 1. The molecule has 2 atom stereocenters. The van der Waals surface area contributed by atoms with Gasteiger partial charge < -0.3 is 14.8 Å². The van der Waals surface area contributed by atoms with E-state index in [2.05, 4.69) is 19.9 Å². The number of rotatable bonds is 2. The molecular formula is C19H15FN6O. The molecule has 0 saturated carbocycles. The molecular weight excluding hydrogens is 347 g/mol. The van der Waals surface area contributed by atoms with Crippen LogP contribution in [0.4, 0.5) is 10.2 Å². The SMILES string of the molecule is N#Cc1ccc(C(=O)N2CC3CC2CN3c2ncnc3[nH]ccc23)cc1F. The van der Waals surface area contributed by atoms with Crippen LogP contribution in [0.2, 0.25) is 0 Å². The van der Waals surface area contributed by atoms with Crippen LogP contribution >= 0.6 is 0 Å². The van der Waals surface area contributed by atoms with E-state index in [1.807, 2.05) is 12.3 Å². The summed E-state index contributed by atoms with van der Waals surface area (Å²) < 4.78 is 13.9. The van der Waals surface area contributed by atoms with Crippen molar-refractivity contribution in [2.45, 2.75) is 18.5 Å². The predicted octanol–water partition coefficient (Wildman–Crippen LogP) is 2.07. The van der Waals surface area contributed by atoms with Gasteiger partial charge in [0.25, 0.3) is 5.91 Å². The van der Waals surface area contributed by atoms with Crippen molar-refractivity contribution in [1.29, 1.82) is 5.26 Å². The molecule has 2 aromatic heterocycles. The fourth-order valence-electron chi connectivity index (χ4n) is 4.17. The number of nitrogens with zero attached hydrogens (tertiary/aromatic N) is 5. The number of benzene rings is 1. The van der Waals surface area contributed by atoms with Crippen molar-refractivity contribution >= 4 is 22.8 Å². The van der Waals surface area contributed by atoms with Crippen LogP contribution in [0.25, 0.3) is 11.0 Å². The van der Waals surface area contributed by atoms with E-state index in [1.165, 1.54) is 12.1 Å². The average molecular weight is 362 g/mol. The van der Waals surface area contributed by atoms with Gasteiger partial charge in [0.2, 0.25) is 0 Å². The number of halogens is 1. The third-order valence-electron chi connectivity index (χ3n) is 5.44. The van der Waals surface area contributed by atoms with Crippen LogP contribution in [0.1, 0.15) is 22.3 Å². The zero-order valence-electron chi connectivity index (χ0n) is 14.3. The highest BCUT2D eigenvalue weighted by Gasteiger charge is 2.46. The molecule has 3 aromatic rings. The Balaban J connectivity index is 1.38. The summed E-state index contributed by atoms with van der Waals surface area (Å²) >= 11 is 0. The molecule has 1 amide bonds. The maximum atomic E-state index is 13.9. The summed E-state index contributed by atoms with van der Waals surface area (Å²) in [4.78, 5) is 28.6. The molecule has 1 aromatic carbocycles. The van der Waals surface area contributed by atoms with Crippen molar-refractivity contribution in [3.63, 3.8) is 0 Å². The van der Waals surface area contributed by atoms with Crippen molar-refractivity contribution < 1.29 is 9.18 Å². The molecule has 2 unspecified atom stereocenters. The van der Waals surface area contributed by atoms with Crippen LogP contribution in [0, 0.1) is 17.1 Å².